The Balaban J connectivity index is 1.73. The van der Waals surface area contributed by atoms with Gasteiger partial charge < -0.3 is 15.2 Å². The second-order valence-electron chi connectivity index (χ2n) is 6.05. The molecular formula is C19H27F2N5. The average molecular weight is 363 g/mol. The van der Waals surface area contributed by atoms with E-state index in [2.05, 4.69) is 25.2 Å². The van der Waals surface area contributed by atoms with Crippen LogP contribution in [-0.2, 0) is 13.0 Å². The highest BCUT2D eigenvalue weighted by atomic mass is 19.1. The Hall–Kier alpha value is -2.44. The van der Waals surface area contributed by atoms with Crippen molar-refractivity contribution in [3.63, 3.8) is 0 Å². The van der Waals surface area contributed by atoms with E-state index in [1.54, 1.807) is 0 Å². The minimum atomic E-state index is -0.421. The molecule has 1 aromatic carbocycles. The SMILES string of the molecule is CCNC(=NCCCCn1ccnc1C)NCCc1cc(F)ccc1F. The lowest BCUT2D eigenvalue weighted by molar-refractivity contribution is 0.582. The van der Waals surface area contributed by atoms with Crippen molar-refractivity contribution >= 4 is 5.96 Å². The normalized spacial score (nSPS) is 11.6. The predicted octanol–water partition coefficient (Wildman–Crippen LogP) is 3.05. The van der Waals surface area contributed by atoms with Crippen LogP contribution in [0, 0.1) is 18.6 Å². The van der Waals surface area contributed by atoms with Gasteiger partial charge in [0.05, 0.1) is 0 Å². The van der Waals surface area contributed by atoms with Crippen LogP contribution in [0.3, 0.4) is 0 Å². The van der Waals surface area contributed by atoms with Crippen LogP contribution in [0.2, 0.25) is 0 Å². The standard InChI is InChI=1S/C19H27F2N5/c1-3-22-19(24-9-4-5-12-26-13-11-23-15(26)2)25-10-8-16-14-17(20)6-7-18(16)21/h6-7,11,13-14H,3-5,8-10,12H2,1-2H3,(H2,22,24,25). The Kier molecular flexibility index (Phi) is 8.05. The van der Waals surface area contributed by atoms with Crippen LogP contribution in [0.15, 0.2) is 35.6 Å². The van der Waals surface area contributed by atoms with Crippen LogP contribution in [0.1, 0.15) is 31.2 Å². The molecule has 0 aliphatic heterocycles. The summed E-state index contributed by atoms with van der Waals surface area (Å²) in [6.45, 7) is 6.86. The smallest absolute Gasteiger partial charge is 0.191 e. The van der Waals surface area contributed by atoms with Crippen LogP contribution in [-0.4, -0.2) is 35.1 Å². The second-order valence-corrected chi connectivity index (χ2v) is 6.05. The number of nitrogens with one attached hydrogen (secondary N) is 2. The Morgan fingerprint density at radius 1 is 1.23 bits per heavy atom. The molecule has 0 atom stereocenters. The third-order valence-electron chi connectivity index (χ3n) is 4.04. The summed E-state index contributed by atoms with van der Waals surface area (Å²) in [5.74, 6) is 0.913. The maximum Gasteiger partial charge on any atom is 0.191 e. The monoisotopic (exact) mass is 363 g/mol. The van der Waals surface area contributed by atoms with Gasteiger partial charge in [0, 0.05) is 38.6 Å². The molecule has 0 spiro atoms. The molecule has 0 aliphatic rings. The number of aliphatic imine (C=N–C) groups is 1. The summed E-state index contributed by atoms with van der Waals surface area (Å²) in [6.07, 6.45) is 6.17. The number of halogens is 2. The molecule has 7 heteroatoms. The van der Waals surface area contributed by atoms with Gasteiger partial charge in [0.25, 0.3) is 0 Å². The van der Waals surface area contributed by atoms with Crippen LogP contribution < -0.4 is 10.6 Å². The molecule has 26 heavy (non-hydrogen) atoms. The number of aromatic nitrogens is 2. The van der Waals surface area contributed by atoms with Gasteiger partial charge in [-0.25, -0.2) is 13.8 Å². The van der Waals surface area contributed by atoms with Crippen molar-refractivity contribution < 1.29 is 8.78 Å². The van der Waals surface area contributed by atoms with E-state index >= 15 is 0 Å². The number of nitrogens with zero attached hydrogens (tertiary/aromatic N) is 3. The van der Waals surface area contributed by atoms with E-state index in [9.17, 15) is 8.78 Å². The first-order chi connectivity index (χ1) is 12.6. The number of benzene rings is 1. The maximum absolute atomic E-state index is 13.6. The third kappa shape index (κ3) is 6.46. The first-order valence-electron chi connectivity index (χ1n) is 9.04. The molecule has 2 N–H and O–H groups in total. The average Bonchev–Trinajstić information content (AvgIpc) is 3.02. The molecule has 0 aliphatic carbocycles. The molecule has 0 amide bonds. The maximum atomic E-state index is 13.6. The van der Waals surface area contributed by atoms with Gasteiger partial charge in [-0.05, 0) is 56.9 Å². The molecule has 0 bridgehead atoms. The molecule has 0 unspecified atom stereocenters. The van der Waals surface area contributed by atoms with Crippen molar-refractivity contribution in [2.24, 2.45) is 4.99 Å². The van der Waals surface area contributed by atoms with E-state index in [0.717, 1.165) is 43.9 Å². The fraction of sp³-hybridized carbons (Fsp3) is 0.474. The number of aryl methyl sites for hydroxylation is 2. The molecule has 1 heterocycles. The van der Waals surface area contributed by atoms with Crippen LogP contribution in [0.4, 0.5) is 8.78 Å². The lowest BCUT2D eigenvalue weighted by Crippen LogP contribution is -2.38. The summed E-state index contributed by atoms with van der Waals surface area (Å²) in [5, 5.41) is 6.33. The molecule has 5 nitrogen and oxygen atoms in total. The number of guanidine groups is 1. The molecule has 0 fully saturated rings. The van der Waals surface area contributed by atoms with Crippen molar-refractivity contribution in [2.75, 3.05) is 19.6 Å². The molecular weight excluding hydrogens is 336 g/mol. The Morgan fingerprint density at radius 3 is 2.81 bits per heavy atom. The summed E-state index contributed by atoms with van der Waals surface area (Å²) in [7, 11) is 0. The van der Waals surface area contributed by atoms with Gasteiger partial charge in [0.2, 0.25) is 0 Å². The highest BCUT2D eigenvalue weighted by Gasteiger charge is 2.04. The zero-order valence-corrected chi connectivity index (χ0v) is 15.4. The van der Waals surface area contributed by atoms with Crippen molar-refractivity contribution in [3.05, 3.63) is 53.6 Å². The van der Waals surface area contributed by atoms with E-state index in [0.29, 0.717) is 31.0 Å². The number of hydrogen-bond acceptors (Lipinski definition) is 2. The number of rotatable bonds is 9. The summed E-state index contributed by atoms with van der Waals surface area (Å²) < 4.78 is 28.9. The first kappa shape index (κ1) is 19.9. The van der Waals surface area contributed by atoms with E-state index in [4.69, 9.17) is 0 Å². The number of imidazole rings is 1. The zero-order valence-electron chi connectivity index (χ0n) is 15.4. The highest BCUT2D eigenvalue weighted by Crippen LogP contribution is 2.09. The number of unbranched alkanes of at least 4 members (excludes halogenated alkanes) is 1. The van der Waals surface area contributed by atoms with Gasteiger partial charge in [-0.2, -0.15) is 0 Å². The lowest BCUT2D eigenvalue weighted by atomic mass is 10.1. The fourth-order valence-corrected chi connectivity index (χ4v) is 2.62. The van der Waals surface area contributed by atoms with Crippen molar-refractivity contribution in [2.45, 2.75) is 39.7 Å². The summed E-state index contributed by atoms with van der Waals surface area (Å²) >= 11 is 0. The molecule has 0 saturated carbocycles. The highest BCUT2D eigenvalue weighted by molar-refractivity contribution is 5.79. The van der Waals surface area contributed by atoms with Gasteiger partial charge in [-0.15, -0.1) is 0 Å². The largest absolute Gasteiger partial charge is 0.357 e. The Labute approximate surface area is 153 Å². The van der Waals surface area contributed by atoms with Gasteiger partial charge in [-0.1, -0.05) is 0 Å². The summed E-state index contributed by atoms with van der Waals surface area (Å²) in [6, 6.07) is 3.52. The molecule has 142 valence electrons. The van der Waals surface area contributed by atoms with Gasteiger partial charge >= 0.3 is 0 Å². The van der Waals surface area contributed by atoms with E-state index in [1.165, 1.54) is 6.07 Å². The Morgan fingerprint density at radius 2 is 2.08 bits per heavy atom. The minimum Gasteiger partial charge on any atom is -0.357 e. The van der Waals surface area contributed by atoms with Crippen molar-refractivity contribution in [1.29, 1.82) is 0 Å². The predicted molar refractivity (Wildman–Crippen MR) is 100 cm³/mol. The summed E-state index contributed by atoms with van der Waals surface area (Å²) in [5.41, 5.74) is 0.365. The van der Waals surface area contributed by atoms with Gasteiger partial charge in [0.15, 0.2) is 5.96 Å². The van der Waals surface area contributed by atoms with E-state index < -0.39 is 5.82 Å². The zero-order chi connectivity index (χ0) is 18.8. The van der Waals surface area contributed by atoms with Gasteiger partial charge in [0.1, 0.15) is 17.5 Å². The van der Waals surface area contributed by atoms with Crippen molar-refractivity contribution in [1.82, 2.24) is 20.2 Å². The molecule has 2 rings (SSSR count). The molecule has 1 aromatic heterocycles. The fourth-order valence-electron chi connectivity index (χ4n) is 2.62. The number of hydrogen-bond donors (Lipinski definition) is 2. The van der Waals surface area contributed by atoms with E-state index in [1.807, 2.05) is 26.2 Å². The Bertz CT molecular complexity index is 712. The molecule has 2 aromatic rings. The summed E-state index contributed by atoms with van der Waals surface area (Å²) in [4.78, 5) is 8.73. The van der Waals surface area contributed by atoms with E-state index in [-0.39, 0.29) is 5.82 Å². The van der Waals surface area contributed by atoms with Gasteiger partial charge in [-0.3, -0.25) is 4.99 Å². The second kappa shape index (κ2) is 10.5. The topological polar surface area (TPSA) is 54.2 Å². The third-order valence-corrected chi connectivity index (χ3v) is 4.04. The first-order valence-corrected chi connectivity index (χ1v) is 9.04. The van der Waals surface area contributed by atoms with Crippen LogP contribution in [0.25, 0.3) is 0 Å². The van der Waals surface area contributed by atoms with Crippen molar-refractivity contribution in [3.8, 4) is 0 Å². The van der Waals surface area contributed by atoms with Crippen LogP contribution in [0.5, 0.6) is 0 Å². The minimum absolute atomic E-state index is 0.365. The quantitative estimate of drug-likeness (QED) is 0.409. The molecule has 0 radical (unpaired) electrons. The lowest BCUT2D eigenvalue weighted by Gasteiger charge is -2.12. The van der Waals surface area contributed by atoms with Crippen LogP contribution >= 0.6 is 0 Å². The molecule has 0 saturated heterocycles.